The van der Waals surface area contributed by atoms with E-state index in [0.29, 0.717) is 30.5 Å². The number of aromatic nitrogens is 2. The Morgan fingerprint density at radius 2 is 2.32 bits per heavy atom. The van der Waals surface area contributed by atoms with Gasteiger partial charge < -0.3 is 15.0 Å². The van der Waals surface area contributed by atoms with Gasteiger partial charge in [-0.1, -0.05) is 17.7 Å². The van der Waals surface area contributed by atoms with E-state index < -0.39 is 0 Å². The van der Waals surface area contributed by atoms with Crippen molar-refractivity contribution in [3.8, 4) is 5.75 Å². The summed E-state index contributed by atoms with van der Waals surface area (Å²) >= 11 is 5.91. The molecule has 1 fully saturated rings. The Morgan fingerprint density at radius 1 is 1.40 bits per heavy atom. The average Bonchev–Trinajstić information content (AvgIpc) is 2.66. The van der Waals surface area contributed by atoms with E-state index in [4.69, 9.17) is 16.3 Å². The first kappa shape index (κ1) is 17.5. The van der Waals surface area contributed by atoms with Gasteiger partial charge in [-0.25, -0.2) is 4.98 Å². The molecule has 1 aliphatic rings. The highest BCUT2D eigenvalue weighted by Crippen LogP contribution is 2.21. The fraction of sp³-hybridized carbons (Fsp3) is 0.389. The maximum atomic E-state index is 12.4. The number of hydrogen-bond donors (Lipinski definition) is 1. The Labute approximate surface area is 152 Å². The molecule has 1 aromatic heterocycles. The maximum Gasteiger partial charge on any atom is 0.225 e. The van der Waals surface area contributed by atoms with Gasteiger partial charge in [-0.05, 0) is 31.0 Å². The van der Waals surface area contributed by atoms with Gasteiger partial charge in [-0.15, -0.1) is 0 Å². The molecule has 1 aromatic carbocycles. The monoisotopic (exact) mass is 360 g/mol. The summed E-state index contributed by atoms with van der Waals surface area (Å²) in [6.07, 6.45) is 6.91. The molecule has 1 atom stereocenters. The Bertz CT molecular complexity index is 698. The number of hydrogen-bond acceptors (Lipinski definition) is 5. The van der Waals surface area contributed by atoms with Crippen LogP contribution in [0.5, 0.6) is 5.75 Å². The number of halogens is 1. The third-order valence-corrected chi connectivity index (χ3v) is 4.37. The molecule has 0 saturated carbocycles. The van der Waals surface area contributed by atoms with Gasteiger partial charge in [0.2, 0.25) is 5.91 Å². The van der Waals surface area contributed by atoms with Crippen LogP contribution in [-0.4, -0.2) is 42.1 Å². The predicted octanol–water partition coefficient (Wildman–Crippen LogP) is 2.54. The van der Waals surface area contributed by atoms with E-state index in [1.807, 2.05) is 12.1 Å². The van der Waals surface area contributed by atoms with Crippen molar-refractivity contribution in [3.05, 3.63) is 47.9 Å². The fourth-order valence-corrected chi connectivity index (χ4v) is 3.08. The molecular weight excluding hydrogens is 340 g/mol. The maximum absolute atomic E-state index is 12.4. The van der Waals surface area contributed by atoms with Crippen LogP contribution in [0.2, 0.25) is 5.02 Å². The van der Waals surface area contributed by atoms with Gasteiger partial charge in [0.1, 0.15) is 18.2 Å². The normalized spacial score (nSPS) is 17.2. The smallest absolute Gasteiger partial charge is 0.225 e. The van der Waals surface area contributed by atoms with Crippen LogP contribution < -0.4 is 15.0 Å². The highest BCUT2D eigenvalue weighted by atomic mass is 35.5. The summed E-state index contributed by atoms with van der Waals surface area (Å²) in [6, 6.07) is 7.22. The number of nitrogens with zero attached hydrogens (tertiary/aromatic N) is 3. The molecule has 2 heterocycles. The zero-order valence-corrected chi connectivity index (χ0v) is 14.7. The number of rotatable bonds is 6. The van der Waals surface area contributed by atoms with Crippen molar-refractivity contribution in [1.82, 2.24) is 15.3 Å². The van der Waals surface area contributed by atoms with E-state index in [2.05, 4.69) is 20.2 Å². The van der Waals surface area contributed by atoms with Crippen LogP contribution in [0, 0.1) is 5.92 Å². The first-order chi connectivity index (χ1) is 12.2. The minimum Gasteiger partial charge on any atom is -0.492 e. The van der Waals surface area contributed by atoms with Crippen LogP contribution in [0.3, 0.4) is 0 Å². The molecule has 0 unspecified atom stereocenters. The summed E-state index contributed by atoms with van der Waals surface area (Å²) in [4.78, 5) is 22.9. The summed E-state index contributed by atoms with van der Waals surface area (Å²) in [5.74, 6) is 1.54. The molecule has 0 radical (unpaired) electrons. The molecule has 3 rings (SSSR count). The summed E-state index contributed by atoms with van der Waals surface area (Å²) in [5.41, 5.74) is 0. The van der Waals surface area contributed by atoms with Crippen molar-refractivity contribution < 1.29 is 9.53 Å². The lowest BCUT2D eigenvalue weighted by molar-refractivity contribution is -0.125. The van der Waals surface area contributed by atoms with E-state index >= 15 is 0 Å². The molecule has 25 heavy (non-hydrogen) atoms. The van der Waals surface area contributed by atoms with E-state index in [0.717, 1.165) is 25.2 Å². The molecule has 0 spiro atoms. The van der Waals surface area contributed by atoms with E-state index in [9.17, 15) is 4.79 Å². The lowest BCUT2D eigenvalue weighted by atomic mass is 9.97. The van der Waals surface area contributed by atoms with Crippen LogP contribution in [0.25, 0.3) is 0 Å². The molecule has 1 amide bonds. The minimum absolute atomic E-state index is 0.0399. The van der Waals surface area contributed by atoms with Gasteiger partial charge in [-0.3, -0.25) is 9.78 Å². The molecule has 0 bridgehead atoms. The van der Waals surface area contributed by atoms with Crippen molar-refractivity contribution in [2.75, 3.05) is 31.1 Å². The Balaban J connectivity index is 1.43. The summed E-state index contributed by atoms with van der Waals surface area (Å²) < 4.78 is 5.59. The fourth-order valence-electron chi connectivity index (χ4n) is 2.90. The van der Waals surface area contributed by atoms with Crippen LogP contribution in [0.1, 0.15) is 12.8 Å². The molecular formula is C18H21ClN4O2. The van der Waals surface area contributed by atoms with Crippen LogP contribution >= 0.6 is 11.6 Å². The van der Waals surface area contributed by atoms with Gasteiger partial charge in [-0.2, -0.15) is 0 Å². The molecule has 7 heteroatoms. The number of piperidine rings is 1. The molecule has 0 aliphatic carbocycles. The number of carbonyl (C=O) groups excluding carboxylic acids is 1. The molecule has 1 aliphatic heterocycles. The van der Waals surface area contributed by atoms with Gasteiger partial charge >= 0.3 is 0 Å². The second kappa shape index (κ2) is 8.67. The number of benzene rings is 1. The van der Waals surface area contributed by atoms with Crippen molar-refractivity contribution in [3.63, 3.8) is 0 Å². The minimum atomic E-state index is -0.0399. The topological polar surface area (TPSA) is 67.3 Å². The zero-order chi connectivity index (χ0) is 17.5. The molecule has 132 valence electrons. The molecule has 6 nitrogen and oxygen atoms in total. The number of anilines is 1. The highest BCUT2D eigenvalue weighted by Gasteiger charge is 2.26. The zero-order valence-electron chi connectivity index (χ0n) is 13.9. The third-order valence-electron chi connectivity index (χ3n) is 4.13. The number of nitrogens with one attached hydrogen (secondary N) is 1. The first-order valence-electron chi connectivity index (χ1n) is 8.39. The van der Waals surface area contributed by atoms with E-state index in [1.165, 1.54) is 0 Å². The van der Waals surface area contributed by atoms with Crippen LogP contribution in [0.15, 0.2) is 42.9 Å². The van der Waals surface area contributed by atoms with Crippen molar-refractivity contribution >= 4 is 23.3 Å². The standard InChI is InChI=1S/C18H21ClN4O2/c19-15-4-1-5-16(11-15)25-10-8-22-18(24)14-3-2-9-23(13-14)17-12-20-6-7-21-17/h1,4-7,11-12,14H,2-3,8-10,13H2,(H,22,24)/t14-/m0/s1. The second-order valence-electron chi connectivity index (χ2n) is 5.95. The Kier molecular flexibility index (Phi) is 6.06. The quantitative estimate of drug-likeness (QED) is 0.802. The van der Waals surface area contributed by atoms with Crippen molar-refractivity contribution in [2.45, 2.75) is 12.8 Å². The lowest BCUT2D eigenvalue weighted by Crippen LogP contribution is -2.44. The van der Waals surface area contributed by atoms with Gasteiger partial charge in [0.05, 0.1) is 18.7 Å². The van der Waals surface area contributed by atoms with Gasteiger partial charge in [0.25, 0.3) is 0 Å². The molecule has 1 N–H and O–H groups in total. The highest BCUT2D eigenvalue weighted by molar-refractivity contribution is 6.30. The van der Waals surface area contributed by atoms with Gasteiger partial charge in [0, 0.05) is 30.5 Å². The average molecular weight is 361 g/mol. The van der Waals surface area contributed by atoms with Crippen LogP contribution in [0.4, 0.5) is 5.82 Å². The van der Waals surface area contributed by atoms with Crippen molar-refractivity contribution in [1.29, 1.82) is 0 Å². The largest absolute Gasteiger partial charge is 0.492 e. The predicted molar refractivity (Wildman–Crippen MR) is 96.9 cm³/mol. The van der Waals surface area contributed by atoms with E-state index in [-0.39, 0.29) is 11.8 Å². The number of carbonyl (C=O) groups is 1. The van der Waals surface area contributed by atoms with Crippen molar-refractivity contribution in [2.24, 2.45) is 5.92 Å². The van der Waals surface area contributed by atoms with Gasteiger partial charge in [0.15, 0.2) is 0 Å². The summed E-state index contributed by atoms with van der Waals surface area (Å²) in [5, 5.41) is 3.58. The Morgan fingerprint density at radius 3 is 3.12 bits per heavy atom. The number of ether oxygens (including phenoxy) is 1. The molecule has 2 aromatic rings. The SMILES string of the molecule is O=C(NCCOc1cccc(Cl)c1)[C@H]1CCCN(c2cnccn2)C1. The lowest BCUT2D eigenvalue weighted by Gasteiger charge is -2.32. The third kappa shape index (κ3) is 5.06. The molecule has 1 saturated heterocycles. The van der Waals surface area contributed by atoms with E-state index in [1.54, 1.807) is 30.7 Å². The van der Waals surface area contributed by atoms with Crippen LogP contribution in [-0.2, 0) is 4.79 Å². The number of amides is 1. The second-order valence-corrected chi connectivity index (χ2v) is 6.38. The first-order valence-corrected chi connectivity index (χ1v) is 8.77. The summed E-state index contributed by atoms with van der Waals surface area (Å²) in [7, 11) is 0. The Hall–Kier alpha value is -2.34. The summed E-state index contributed by atoms with van der Waals surface area (Å²) in [6.45, 7) is 2.44.